The lowest BCUT2D eigenvalue weighted by atomic mass is 9.93. The molecule has 0 radical (unpaired) electrons. The maximum Gasteiger partial charge on any atom is 0.0613 e. The van der Waals surface area contributed by atoms with Crippen molar-refractivity contribution in [1.29, 1.82) is 0 Å². The average Bonchev–Trinajstić information content (AvgIpc) is 2.78. The highest BCUT2D eigenvalue weighted by Crippen LogP contribution is 2.17. The Bertz CT molecular complexity index is 155. The van der Waals surface area contributed by atoms with Gasteiger partial charge in [-0.2, -0.15) is 0 Å². The summed E-state index contributed by atoms with van der Waals surface area (Å²) in [5, 5.41) is 12.9. The largest absolute Gasteiger partial charge is 0.394 e. The Labute approximate surface area is 93.2 Å². The van der Waals surface area contributed by atoms with Crippen LogP contribution in [0.4, 0.5) is 0 Å². The molecule has 1 saturated heterocycles. The van der Waals surface area contributed by atoms with E-state index in [1.54, 1.807) is 0 Å². The SMILES string of the molecule is CCC(CC)(CO)NCCC1CCCO1. The first-order chi connectivity index (χ1) is 7.26. The molecule has 0 aromatic heterocycles. The lowest BCUT2D eigenvalue weighted by molar-refractivity contribution is 0.0953. The molecule has 0 saturated carbocycles. The molecule has 0 aliphatic carbocycles. The predicted octanol–water partition coefficient (Wildman–Crippen LogP) is 1.70. The Kier molecular flexibility index (Phi) is 5.58. The number of hydrogen-bond acceptors (Lipinski definition) is 3. The molecule has 15 heavy (non-hydrogen) atoms. The van der Waals surface area contributed by atoms with E-state index in [1.165, 1.54) is 12.8 Å². The molecule has 0 spiro atoms. The molecule has 1 aliphatic rings. The highest BCUT2D eigenvalue weighted by Gasteiger charge is 2.24. The van der Waals surface area contributed by atoms with Gasteiger partial charge in [0.1, 0.15) is 0 Å². The zero-order valence-electron chi connectivity index (χ0n) is 10.1. The topological polar surface area (TPSA) is 41.5 Å². The lowest BCUT2D eigenvalue weighted by Crippen LogP contribution is -2.48. The van der Waals surface area contributed by atoms with Crippen LogP contribution in [0.15, 0.2) is 0 Å². The van der Waals surface area contributed by atoms with Gasteiger partial charge in [0.05, 0.1) is 12.7 Å². The van der Waals surface area contributed by atoms with Crippen molar-refractivity contribution in [2.75, 3.05) is 19.8 Å². The van der Waals surface area contributed by atoms with Gasteiger partial charge in [-0.05, 0) is 38.6 Å². The molecule has 0 aromatic carbocycles. The summed E-state index contributed by atoms with van der Waals surface area (Å²) in [7, 11) is 0. The molecule has 0 aromatic rings. The molecule has 0 bridgehead atoms. The molecule has 1 rings (SSSR count). The maximum absolute atomic E-state index is 9.37. The standard InChI is InChI=1S/C12H25NO2/c1-3-12(4-2,10-14)13-8-7-11-6-5-9-15-11/h11,13-14H,3-10H2,1-2H3. The van der Waals surface area contributed by atoms with Crippen molar-refractivity contribution in [2.24, 2.45) is 0 Å². The van der Waals surface area contributed by atoms with Crippen LogP contribution >= 0.6 is 0 Å². The smallest absolute Gasteiger partial charge is 0.0613 e. The number of ether oxygens (including phenoxy) is 1. The molecule has 1 unspecified atom stereocenters. The molecule has 90 valence electrons. The average molecular weight is 215 g/mol. The van der Waals surface area contributed by atoms with Crippen LogP contribution in [0.5, 0.6) is 0 Å². The van der Waals surface area contributed by atoms with E-state index in [-0.39, 0.29) is 12.1 Å². The van der Waals surface area contributed by atoms with Gasteiger partial charge in [-0.3, -0.25) is 0 Å². The number of aliphatic hydroxyl groups excluding tert-OH is 1. The van der Waals surface area contributed by atoms with Gasteiger partial charge >= 0.3 is 0 Å². The van der Waals surface area contributed by atoms with Crippen molar-refractivity contribution in [1.82, 2.24) is 5.32 Å². The van der Waals surface area contributed by atoms with Gasteiger partial charge in [-0.15, -0.1) is 0 Å². The number of hydrogen-bond donors (Lipinski definition) is 2. The number of rotatable bonds is 7. The summed E-state index contributed by atoms with van der Waals surface area (Å²) >= 11 is 0. The monoisotopic (exact) mass is 215 g/mol. The van der Waals surface area contributed by atoms with E-state index in [0.29, 0.717) is 6.10 Å². The molecular weight excluding hydrogens is 190 g/mol. The Hall–Kier alpha value is -0.120. The minimum Gasteiger partial charge on any atom is -0.394 e. The highest BCUT2D eigenvalue weighted by atomic mass is 16.5. The third-order valence-corrected chi connectivity index (χ3v) is 3.65. The Morgan fingerprint density at radius 2 is 2.13 bits per heavy atom. The fourth-order valence-corrected chi connectivity index (χ4v) is 2.15. The second-order valence-corrected chi connectivity index (χ2v) is 4.50. The molecule has 2 N–H and O–H groups in total. The van der Waals surface area contributed by atoms with Crippen LogP contribution in [0.1, 0.15) is 46.0 Å². The molecule has 1 fully saturated rings. The van der Waals surface area contributed by atoms with Crippen molar-refractivity contribution < 1.29 is 9.84 Å². The molecule has 3 heteroatoms. The zero-order valence-corrected chi connectivity index (χ0v) is 10.1. The number of aliphatic hydroxyl groups is 1. The molecule has 0 amide bonds. The highest BCUT2D eigenvalue weighted by molar-refractivity contribution is 4.84. The molecule has 1 atom stereocenters. The summed E-state index contributed by atoms with van der Waals surface area (Å²) in [6.45, 7) is 6.35. The van der Waals surface area contributed by atoms with Gasteiger partial charge in [-0.25, -0.2) is 0 Å². The van der Waals surface area contributed by atoms with Crippen LogP contribution in [0.2, 0.25) is 0 Å². The van der Waals surface area contributed by atoms with Crippen molar-refractivity contribution in [3.8, 4) is 0 Å². The van der Waals surface area contributed by atoms with Crippen LogP contribution in [0.25, 0.3) is 0 Å². The lowest BCUT2D eigenvalue weighted by Gasteiger charge is -2.31. The van der Waals surface area contributed by atoms with E-state index in [1.807, 2.05) is 0 Å². The van der Waals surface area contributed by atoms with Crippen LogP contribution < -0.4 is 5.32 Å². The van der Waals surface area contributed by atoms with Gasteiger partial charge < -0.3 is 15.2 Å². The summed E-state index contributed by atoms with van der Waals surface area (Å²) in [5.41, 5.74) is -0.0708. The predicted molar refractivity (Wildman–Crippen MR) is 62.0 cm³/mol. The third kappa shape index (κ3) is 3.74. The summed E-state index contributed by atoms with van der Waals surface area (Å²) in [6.07, 6.45) is 5.88. The van der Waals surface area contributed by atoms with Crippen molar-refractivity contribution in [3.05, 3.63) is 0 Å². The molecule has 3 nitrogen and oxygen atoms in total. The minimum absolute atomic E-state index is 0.0708. The fraction of sp³-hybridized carbons (Fsp3) is 1.00. The van der Waals surface area contributed by atoms with Crippen LogP contribution in [0.3, 0.4) is 0 Å². The summed E-state index contributed by atoms with van der Waals surface area (Å²) < 4.78 is 5.57. The minimum atomic E-state index is -0.0708. The Morgan fingerprint density at radius 1 is 1.40 bits per heavy atom. The van der Waals surface area contributed by atoms with E-state index < -0.39 is 0 Å². The van der Waals surface area contributed by atoms with Crippen LogP contribution in [-0.4, -0.2) is 36.5 Å². The summed E-state index contributed by atoms with van der Waals surface area (Å²) in [5.74, 6) is 0. The quantitative estimate of drug-likeness (QED) is 0.679. The van der Waals surface area contributed by atoms with E-state index in [9.17, 15) is 5.11 Å². The fourth-order valence-electron chi connectivity index (χ4n) is 2.15. The third-order valence-electron chi connectivity index (χ3n) is 3.65. The van der Waals surface area contributed by atoms with E-state index >= 15 is 0 Å². The molecule has 1 heterocycles. The Morgan fingerprint density at radius 3 is 2.60 bits per heavy atom. The van der Waals surface area contributed by atoms with Crippen LogP contribution in [-0.2, 0) is 4.74 Å². The van der Waals surface area contributed by atoms with Crippen molar-refractivity contribution >= 4 is 0 Å². The van der Waals surface area contributed by atoms with E-state index in [4.69, 9.17) is 4.74 Å². The van der Waals surface area contributed by atoms with Gasteiger partial charge in [0.25, 0.3) is 0 Å². The first-order valence-corrected chi connectivity index (χ1v) is 6.24. The second-order valence-electron chi connectivity index (χ2n) is 4.50. The summed E-state index contributed by atoms with van der Waals surface area (Å²) in [4.78, 5) is 0. The van der Waals surface area contributed by atoms with Gasteiger partial charge in [0.2, 0.25) is 0 Å². The van der Waals surface area contributed by atoms with Crippen LogP contribution in [0, 0.1) is 0 Å². The van der Waals surface area contributed by atoms with Gasteiger partial charge in [0.15, 0.2) is 0 Å². The number of nitrogens with one attached hydrogen (secondary N) is 1. The zero-order chi connectivity index (χ0) is 11.1. The van der Waals surface area contributed by atoms with Crippen molar-refractivity contribution in [2.45, 2.75) is 57.6 Å². The van der Waals surface area contributed by atoms with E-state index in [2.05, 4.69) is 19.2 Å². The molecular formula is C12H25NO2. The maximum atomic E-state index is 9.37. The van der Waals surface area contributed by atoms with Crippen molar-refractivity contribution in [3.63, 3.8) is 0 Å². The first kappa shape index (κ1) is 12.9. The normalized spacial score (nSPS) is 22.2. The summed E-state index contributed by atoms with van der Waals surface area (Å²) in [6, 6.07) is 0. The van der Waals surface area contributed by atoms with Gasteiger partial charge in [0, 0.05) is 12.1 Å². The first-order valence-electron chi connectivity index (χ1n) is 6.24. The Balaban J connectivity index is 2.21. The molecule has 1 aliphatic heterocycles. The van der Waals surface area contributed by atoms with Gasteiger partial charge in [-0.1, -0.05) is 13.8 Å². The second kappa shape index (κ2) is 6.46. The van der Waals surface area contributed by atoms with E-state index in [0.717, 1.165) is 32.4 Å².